The van der Waals surface area contributed by atoms with Crippen molar-refractivity contribution in [2.24, 2.45) is 0 Å². The number of nitrogens with one attached hydrogen (secondary N) is 1. The Morgan fingerprint density at radius 1 is 1.33 bits per heavy atom. The molecule has 18 heavy (non-hydrogen) atoms. The summed E-state index contributed by atoms with van der Waals surface area (Å²) < 4.78 is 5.26. The molecule has 1 saturated carbocycles. The number of hydrogen-bond acceptors (Lipinski definition) is 3. The van der Waals surface area contributed by atoms with Gasteiger partial charge in [0.05, 0.1) is 6.61 Å². The van der Waals surface area contributed by atoms with Gasteiger partial charge in [-0.25, -0.2) is 0 Å². The minimum atomic E-state index is 0.676. The van der Waals surface area contributed by atoms with Crippen LogP contribution in [0.15, 0.2) is 0 Å². The minimum Gasteiger partial charge on any atom is -0.383 e. The molecule has 0 amide bonds. The molecule has 0 saturated heterocycles. The quantitative estimate of drug-likeness (QED) is 0.686. The predicted octanol–water partition coefficient (Wildman–Crippen LogP) is 2.65. The van der Waals surface area contributed by atoms with E-state index in [0.717, 1.165) is 25.2 Å². The lowest BCUT2D eigenvalue weighted by Crippen LogP contribution is -2.43. The first-order valence-corrected chi connectivity index (χ1v) is 7.70. The fraction of sp³-hybridized carbons (Fsp3) is 1.00. The van der Waals surface area contributed by atoms with Crippen LogP contribution in [-0.4, -0.2) is 49.8 Å². The molecular formula is C15H32N2O. The Morgan fingerprint density at radius 2 is 2.11 bits per heavy atom. The predicted molar refractivity (Wildman–Crippen MR) is 78.1 cm³/mol. The smallest absolute Gasteiger partial charge is 0.0589 e. The summed E-state index contributed by atoms with van der Waals surface area (Å²) in [5.41, 5.74) is 0. The van der Waals surface area contributed by atoms with E-state index in [0.29, 0.717) is 6.04 Å². The van der Waals surface area contributed by atoms with Crippen molar-refractivity contribution < 1.29 is 4.74 Å². The van der Waals surface area contributed by atoms with E-state index >= 15 is 0 Å². The lowest BCUT2D eigenvalue weighted by Gasteiger charge is -2.34. The van der Waals surface area contributed by atoms with Crippen molar-refractivity contribution in [3.63, 3.8) is 0 Å². The molecule has 0 radical (unpaired) electrons. The maximum absolute atomic E-state index is 5.26. The van der Waals surface area contributed by atoms with Crippen molar-refractivity contribution in [3.8, 4) is 0 Å². The molecule has 1 aliphatic rings. The van der Waals surface area contributed by atoms with Crippen LogP contribution in [0.4, 0.5) is 0 Å². The van der Waals surface area contributed by atoms with Gasteiger partial charge in [0, 0.05) is 31.8 Å². The first-order valence-electron chi connectivity index (χ1n) is 7.70. The van der Waals surface area contributed by atoms with Crippen LogP contribution in [-0.2, 0) is 4.74 Å². The SMILES string of the molecule is CCCNC1CCC(N(CCOC)C(C)CC)C1. The molecule has 1 fully saturated rings. The molecule has 0 spiro atoms. The highest BCUT2D eigenvalue weighted by Gasteiger charge is 2.30. The number of methoxy groups -OCH3 is 1. The van der Waals surface area contributed by atoms with E-state index in [-0.39, 0.29) is 0 Å². The Balaban J connectivity index is 2.43. The highest BCUT2D eigenvalue weighted by Crippen LogP contribution is 2.26. The third-order valence-electron chi connectivity index (χ3n) is 4.27. The van der Waals surface area contributed by atoms with Crippen LogP contribution in [0, 0.1) is 0 Å². The fourth-order valence-corrected chi connectivity index (χ4v) is 2.99. The van der Waals surface area contributed by atoms with E-state index in [1.54, 1.807) is 7.11 Å². The second-order valence-electron chi connectivity index (χ2n) is 5.61. The fourth-order valence-electron chi connectivity index (χ4n) is 2.99. The first-order chi connectivity index (χ1) is 8.72. The van der Waals surface area contributed by atoms with Crippen molar-refractivity contribution in [1.82, 2.24) is 10.2 Å². The van der Waals surface area contributed by atoms with Gasteiger partial charge < -0.3 is 10.1 Å². The van der Waals surface area contributed by atoms with E-state index in [1.807, 2.05) is 0 Å². The van der Waals surface area contributed by atoms with Crippen LogP contribution in [0.1, 0.15) is 52.9 Å². The Kier molecular flexibility index (Phi) is 7.87. The first kappa shape index (κ1) is 15.9. The van der Waals surface area contributed by atoms with Crippen LogP contribution < -0.4 is 5.32 Å². The van der Waals surface area contributed by atoms with Gasteiger partial charge in [0.25, 0.3) is 0 Å². The zero-order valence-electron chi connectivity index (χ0n) is 12.7. The summed E-state index contributed by atoms with van der Waals surface area (Å²) in [4.78, 5) is 2.66. The van der Waals surface area contributed by atoms with Gasteiger partial charge in [-0.05, 0) is 45.6 Å². The van der Waals surface area contributed by atoms with E-state index < -0.39 is 0 Å². The van der Waals surface area contributed by atoms with Gasteiger partial charge in [0.15, 0.2) is 0 Å². The second-order valence-corrected chi connectivity index (χ2v) is 5.61. The van der Waals surface area contributed by atoms with E-state index in [2.05, 4.69) is 31.0 Å². The van der Waals surface area contributed by atoms with E-state index in [1.165, 1.54) is 38.6 Å². The second kappa shape index (κ2) is 8.89. The summed E-state index contributed by atoms with van der Waals surface area (Å²) in [7, 11) is 1.80. The highest BCUT2D eigenvalue weighted by atomic mass is 16.5. The molecule has 0 aromatic heterocycles. The highest BCUT2D eigenvalue weighted by molar-refractivity contribution is 4.88. The topological polar surface area (TPSA) is 24.5 Å². The maximum atomic E-state index is 5.26. The van der Waals surface area contributed by atoms with Gasteiger partial charge >= 0.3 is 0 Å². The van der Waals surface area contributed by atoms with Gasteiger partial charge in [-0.3, -0.25) is 4.90 Å². The summed E-state index contributed by atoms with van der Waals surface area (Å²) in [6.07, 6.45) is 6.46. The summed E-state index contributed by atoms with van der Waals surface area (Å²) >= 11 is 0. The molecule has 3 atom stereocenters. The van der Waals surface area contributed by atoms with Crippen molar-refractivity contribution in [2.45, 2.75) is 71.0 Å². The lowest BCUT2D eigenvalue weighted by molar-refractivity contribution is 0.0888. The molecule has 0 heterocycles. The number of rotatable bonds is 9. The average molecular weight is 256 g/mol. The molecule has 0 aromatic carbocycles. The molecular weight excluding hydrogens is 224 g/mol. The molecule has 0 bridgehead atoms. The van der Waals surface area contributed by atoms with Crippen LogP contribution in [0.5, 0.6) is 0 Å². The number of ether oxygens (including phenoxy) is 1. The maximum Gasteiger partial charge on any atom is 0.0589 e. The Hall–Kier alpha value is -0.120. The van der Waals surface area contributed by atoms with Crippen LogP contribution in [0.3, 0.4) is 0 Å². The summed E-state index contributed by atoms with van der Waals surface area (Å²) in [5, 5.41) is 3.67. The van der Waals surface area contributed by atoms with Gasteiger partial charge in [-0.2, -0.15) is 0 Å². The molecule has 3 heteroatoms. The van der Waals surface area contributed by atoms with Gasteiger partial charge in [0.2, 0.25) is 0 Å². The molecule has 3 nitrogen and oxygen atoms in total. The lowest BCUT2D eigenvalue weighted by atomic mass is 10.1. The zero-order valence-corrected chi connectivity index (χ0v) is 12.7. The molecule has 0 aromatic rings. The monoisotopic (exact) mass is 256 g/mol. The normalized spacial score (nSPS) is 25.8. The Labute approximate surface area is 113 Å². The Bertz CT molecular complexity index is 211. The third-order valence-corrected chi connectivity index (χ3v) is 4.27. The van der Waals surface area contributed by atoms with Crippen molar-refractivity contribution in [1.29, 1.82) is 0 Å². The van der Waals surface area contributed by atoms with Crippen molar-refractivity contribution >= 4 is 0 Å². The van der Waals surface area contributed by atoms with E-state index in [9.17, 15) is 0 Å². The van der Waals surface area contributed by atoms with Crippen LogP contribution in [0.25, 0.3) is 0 Å². The largest absolute Gasteiger partial charge is 0.383 e. The molecule has 3 unspecified atom stereocenters. The van der Waals surface area contributed by atoms with Gasteiger partial charge in [-0.1, -0.05) is 13.8 Å². The molecule has 0 aliphatic heterocycles. The summed E-state index contributed by atoms with van der Waals surface area (Å²) in [5.74, 6) is 0. The van der Waals surface area contributed by atoms with E-state index in [4.69, 9.17) is 4.74 Å². The number of nitrogens with zero attached hydrogens (tertiary/aromatic N) is 1. The third kappa shape index (κ3) is 4.87. The molecule has 108 valence electrons. The van der Waals surface area contributed by atoms with Crippen molar-refractivity contribution in [2.75, 3.05) is 26.8 Å². The van der Waals surface area contributed by atoms with Crippen molar-refractivity contribution in [3.05, 3.63) is 0 Å². The molecule has 1 N–H and O–H groups in total. The minimum absolute atomic E-state index is 0.676. The molecule has 1 rings (SSSR count). The molecule has 1 aliphatic carbocycles. The number of hydrogen-bond donors (Lipinski definition) is 1. The van der Waals surface area contributed by atoms with Gasteiger partial charge in [0.1, 0.15) is 0 Å². The standard InChI is InChI=1S/C15H32N2O/c1-5-9-16-14-7-8-15(12-14)17(10-11-18-4)13(3)6-2/h13-16H,5-12H2,1-4H3. The van der Waals surface area contributed by atoms with Crippen LogP contribution >= 0.6 is 0 Å². The zero-order chi connectivity index (χ0) is 13.4. The van der Waals surface area contributed by atoms with Crippen LogP contribution in [0.2, 0.25) is 0 Å². The summed E-state index contributed by atoms with van der Waals surface area (Å²) in [6.45, 7) is 9.97. The summed E-state index contributed by atoms with van der Waals surface area (Å²) in [6, 6.07) is 2.17. The average Bonchev–Trinajstić information content (AvgIpc) is 2.85. The Morgan fingerprint density at radius 3 is 2.72 bits per heavy atom. The van der Waals surface area contributed by atoms with Gasteiger partial charge in [-0.15, -0.1) is 0 Å².